The molecule has 18 heavy (non-hydrogen) atoms. The third-order valence-electron chi connectivity index (χ3n) is 1.86. The van der Waals surface area contributed by atoms with Crippen molar-refractivity contribution in [1.82, 2.24) is 0 Å². The van der Waals surface area contributed by atoms with E-state index in [9.17, 15) is 19.7 Å². The zero-order chi connectivity index (χ0) is 13.5. The Kier molecular flexibility index (Phi) is 4.53. The van der Waals surface area contributed by atoms with Gasteiger partial charge in [-0.25, -0.2) is 9.59 Å². The summed E-state index contributed by atoms with van der Waals surface area (Å²) < 4.78 is 4.62. The van der Waals surface area contributed by atoms with E-state index in [-0.39, 0.29) is 18.0 Å². The van der Waals surface area contributed by atoms with E-state index in [0.29, 0.717) is 0 Å². The normalized spacial score (nSPS) is 9.17. The van der Waals surface area contributed by atoms with Crippen LogP contribution in [0.2, 0.25) is 0 Å². The summed E-state index contributed by atoms with van der Waals surface area (Å²) in [7, 11) is 0. The number of isocyanates is 1. The van der Waals surface area contributed by atoms with Crippen LogP contribution in [0.25, 0.3) is 0 Å². The number of carbonyl (C=O) groups excluding carboxylic acids is 2. The summed E-state index contributed by atoms with van der Waals surface area (Å²) in [4.78, 5) is 34.4. The first-order valence-electron chi connectivity index (χ1n) is 4.88. The lowest BCUT2D eigenvalue weighted by atomic mass is 10.2. The molecule has 8 heteroatoms. The summed E-state index contributed by atoms with van der Waals surface area (Å²) >= 11 is 0. The van der Waals surface area contributed by atoms with Gasteiger partial charge < -0.3 is 4.74 Å². The highest BCUT2D eigenvalue weighted by Gasteiger charge is 2.15. The van der Waals surface area contributed by atoms with E-state index >= 15 is 0 Å². The number of amides is 1. The van der Waals surface area contributed by atoms with Crippen molar-refractivity contribution < 1.29 is 19.2 Å². The van der Waals surface area contributed by atoms with Crippen LogP contribution < -0.4 is 5.32 Å². The van der Waals surface area contributed by atoms with Crippen molar-refractivity contribution in [3.8, 4) is 0 Å². The van der Waals surface area contributed by atoms with Crippen LogP contribution in [0.1, 0.15) is 6.92 Å². The second-order valence-corrected chi connectivity index (χ2v) is 3.01. The van der Waals surface area contributed by atoms with Crippen LogP contribution in [-0.4, -0.2) is 23.7 Å². The predicted octanol–water partition coefficient (Wildman–Crippen LogP) is 2.13. The highest BCUT2D eigenvalue weighted by molar-refractivity contribution is 5.86. The second kappa shape index (κ2) is 6.12. The van der Waals surface area contributed by atoms with Crippen molar-refractivity contribution in [2.75, 3.05) is 11.9 Å². The van der Waals surface area contributed by atoms with Gasteiger partial charge in [0.2, 0.25) is 6.08 Å². The van der Waals surface area contributed by atoms with Gasteiger partial charge in [-0.15, -0.1) is 0 Å². The molecule has 0 aromatic heterocycles. The van der Waals surface area contributed by atoms with Crippen LogP contribution in [0.5, 0.6) is 0 Å². The van der Waals surface area contributed by atoms with E-state index in [4.69, 9.17) is 0 Å². The van der Waals surface area contributed by atoms with Gasteiger partial charge in [-0.2, -0.15) is 4.99 Å². The number of nitro benzene ring substituents is 1. The molecule has 1 N–H and O–H groups in total. The van der Waals surface area contributed by atoms with Gasteiger partial charge >= 0.3 is 6.09 Å². The molecular formula is C10H9N3O5. The minimum absolute atomic E-state index is 0.135. The molecule has 8 nitrogen and oxygen atoms in total. The maximum atomic E-state index is 11.1. The third-order valence-corrected chi connectivity index (χ3v) is 1.86. The first kappa shape index (κ1) is 13.3. The molecule has 0 aliphatic carbocycles. The van der Waals surface area contributed by atoms with Crippen molar-refractivity contribution in [2.45, 2.75) is 6.92 Å². The van der Waals surface area contributed by atoms with Crippen molar-refractivity contribution >= 4 is 29.2 Å². The van der Waals surface area contributed by atoms with Gasteiger partial charge in [0, 0.05) is 6.07 Å². The summed E-state index contributed by atoms with van der Waals surface area (Å²) in [6.07, 6.45) is 0.495. The van der Waals surface area contributed by atoms with Gasteiger partial charge in [-0.3, -0.25) is 15.4 Å². The zero-order valence-electron chi connectivity index (χ0n) is 9.37. The summed E-state index contributed by atoms with van der Waals surface area (Å²) in [6, 6.07) is 3.66. The van der Waals surface area contributed by atoms with E-state index in [1.54, 1.807) is 6.92 Å². The van der Waals surface area contributed by atoms with Crippen LogP contribution in [0.3, 0.4) is 0 Å². The fraction of sp³-hybridized carbons (Fsp3) is 0.200. The molecule has 0 bridgehead atoms. The molecule has 0 aliphatic rings. The molecule has 0 fully saturated rings. The molecule has 0 saturated carbocycles. The monoisotopic (exact) mass is 251 g/mol. The minimum atomic E-state index is -0.724. The van der Waals surface area contributed by atoms with Crippen LogP contribution in [0.4, 0.5) is 21.9 Å². The number of nitro groups is 1. The van der Waals surface area contributed by atoms with Gasteiger partial charge in [0.15, 0.2) is 5.69 Å². The van der Waals surface area contributed by atoms with Gasteiger partial charge in [0.25, 0.3) is 5.69 Å². The van der Waals surface area contributed by atoms with Gasteiger partial charge in [0.1, 0.15) is 0 Å². The SMILES string of the molecule is CCOC(=O)Nc1ccc(N=C=O)c([N+](=O)[O-])c1. The first-order valence-corrected chi connectivity index (χ1v) is 4.88. The molecule has 1 rings (SSSR count). The number of ether oxygens (including phenoxy) is 1. The Labute approximate surface area is 101 Å². The van der Waals surface area contributed by atoms with E-state index < -0.39 is 16.7 Å². The molecule has 0 spiro atoms. The Morgan fingerprint density at radius 3 is 2.89 bits per heavy atom. The summed E-state index contributed by atoms with van der Waals surface area (Å²) in [6.45, 7) is 1.81. The molecule has 1 aromatic carbocycles. The standard InChI is InChI=1S/C10H9N3O5/c1-2-18-10(15)12-7-3-4-8(11-6-14)9(5-7)13(16)17/h3-5H,2H2,1H3,(H,12,15). The fourth-order valence-corrected chi connectivity index (χ4v) is 1.18. The molecule has 0 aliphatic heterocycles. The topological polar surface area (TPSA) is 111 Å². The third kappa shape index (κ3) is 3.39. The van der Waals surface area contributed by atoms with E-state index in [2.05, 4.69) is 15.0 Å². The van der Waals surface area contributed by atoms with Crippen molar-refractivity contribution in [3.05, 3.63) is 28.3 Å². The molecule has 1 amide bonds. The summed E-state index contributed by atoms with van der Waals surface area (Å²) in [5.74, 6) is 0. The van der Waals surface area contributed by atoms with E-state index in [1.807, 2.05) is 0 Å². The van der Waals surface area contributed by atoms with Crippen LogP contribution in [0.15, 0.2) is 23.2 Å². The first-order chi connectivity index (χ1) is 8.58. The smallest absolute Gasteiger partial charge is 0.411 e. The number of nitrogens with zero attached hydrogens (tertiary/aromatic N) is 2. The quantitative estimate of drug-likeness (QED) is 0.381. The highest BCUT2D eigenvalue weighted by atomic mass is 16.6. The molecule has 0 radical (unpaired) electrons. The Morgan fingerprint density at radius 1 is 1.61 bits per heavy atom. The Hall–Kier alpha value is -2.73. The molecule has 0 atom stereocenters. The molecule has 0 saturated heterocycles. The fourth-order valence-electron chi connectivity index (χ4n) is 1.18. The van der Waals surface area contributed by atoms with Crippen molar-refractivity contribution in [3.63, 3.8) is 0 Å². The van der Waals surface area contributed by atoms with Crippen molar-refractivity contribution in [2.24, 2.45) is 4.99 Å². The Bertz CT molecular complexity index is 522. The Balaban J connectivity index is 3.03. The lowest BCUT2D eigenvalue weighted by Crippen LogP contribution is -2.13. The maximum Gasteiger partial charge on any atom is 0.411 e. The summed E-state index contributed by atoms with van der Waals surface area (Å²) in [5.41, 5.74) is -0.373. The number of nitrogens with one attached hydrogen (secondary N) is 1. The molecular weight excluding hydrogens is 242 g/mol. The number of benzene rings is 1. The number of carbonyl (C=O) groups is 1. The largest absolute Gasteiger partial charge is 0.450 e. The number of hydrogen-bond acceptors (Lipinski definition) is 6. The van der Waals surface area contributed by atoms with E-state index in [1.165, 1.54) is 18.2 Å². The lowest BCUT2D eigenvalue weighted by molar-refractivity contribution is -0.384. The number of aliphatic imine (C=N–C) groups is 1. The highest BCUT2D eigenvalue weighted by Crippen LogP contribution is 2.29. The van der Waals surface area contributed by atoms with Gasteiger partial charge in [-0.05, 0) is 19.1 Å². The van der Waals surface area contributed by atoms with Crippen LogP contribution in [-0.2, 0) is 9.53 Å². The molecule has 0 heterocycles. The number of anilines is 1. The Morgan fingerprint density at radius 2 is 2.33 bits per heavy atom. The van der Waals surface area contributed by atoms with Gasteiger partial charge in [-0.1, -0.05) is 0 Å². The number of hydrogen-bond donors (Lipinski definition) is 1. The van der Waals surface area contributed by atoms with Crippen LogP contribution in [0, 0.1) is 10.1 Å². The average molecular weight is 251 g/mol. The average Bonchev–Trinajstić information content (AvgIpc) is 2.31. The molecule has 94 valence electrons. The molecule has 1 aromatic rings. The lowest BCUT2D eigenvalue weighted by Gasteiger charge is -2.05. The second-order valence-electron chi connectivity index (χ2n) is 3.01. The van der Waals surface area contributed by atoms with Gasteiger partial charge in [0.05, 0.1) is 17.2 Å². The van der Waals surface area contributed by atoms with Crippen LogP contribution >= 0.6 is 0 Å². The minimum Gasteiger partial charge on any atom is -0.450 e. The maximum absolute atomic E-state index is 11.1. The predicted molar refractivity (Wildman–Crippen MR) is 61.5 cm³/mol. The van der Waals surface area contributed by atoms with E-state index in [0.717, 1.165) is 6.07 Å². The zero-order valence-corrected chi connectivity index (χ0v) is 9.37. The summed E-state index contributed by atoms with van der Waals surface area (Å²) in [5, 5.41) is 13.0. The molecule has 0 unspecified atom stereocenters. The number of rotatable bonds is 4. The van der Waals surface area contributed by atoms with Crippen molar-refractivity contribution in [1.29, 1.82) is 0 Å².